The number of thiophene rings is 1. The van der Waals surface area contributed by atoms with Crippen molar-refractivity contribution in [1.29, 1.82) is 0 Å². The highest BCUT2D eigenvalue weighted by molar-refractivity contribution is 7.99. The van der Waals surface area contributed by atoms with Gasteiger partial charge in [-0.25, -0.2) is 0 Å². The molecular formula is C19H20ClN5OS2. The number of rotatable bonds is 8. The molecule has 1 aliphatic carbocycles. The Bertz CT molecular complexity index is 954. The molecule has 0 bridgehead atoms. The molecule has 4 rings (SSSR count). The van der Waals surface area contributed by atoms with Crippen LogP contribution >= 0.6 is 34.7 Å². The van der Waals surface area contributed by atoms with Crippen molar-refractivity contribution in [3.05, 3.63) is 45.9 Å². The van der Waals surface area contributed by atoms with E-state index in [2.05, 4.69) is 19.7 Å². The molecule has 0 saturated heterocycles. The molecule has 3 aromatic heterocycles. The Kier molecular flexibility index (Phi) is 5.99. The van der Waals surface area contributed by atoms with E-state index >= 15 is 0 Å². The van der Waals surface area contributed by atoms with E-state index in [1.165, 1.54) is 23.1 Å². The van der Waals surface area contributed by atoms with Crippen LogP contribution in [0, 0.1) is 0 Å². The van der Waals surface area contributed by atoms with Gasteiger partial charge in [0.15, 0.2) is 11.0 Å². The number of nitrogens with zero attached hydrogens (tertiary/aromatic N) is 5. The van der Waals surface area contributed by atoms with Gasteiger partial charge in [0, 0.05) is 35.4 Å². The van der Waals surface area contributed by atoms with Gasteiger partial charge in [0.2, 0.25) is 5.91 Å². The molecule has 1 aliphatic rings. The maximum atomic E-state index is 12.7. The molecule has 0 radical (unpaired) electrons. The van der Waals surface area contributed by atoms with Crippen LogP contribution in [-0.2, 0) is 11.3 Å². The van der Waals surface area contributed by atoms with E-state index < -0.39 is 0 Å². The summed E-state index contributed by atoms with van der Waals surface area (Å²) in [4.78, 5) is 19.7. The Labute approximate surface area is 176 Å². The first-order chi connectivity index (χ1) is 13.7. The van der Waals surface area contributed by atoms with Gasteiger partial charge in [0.05, 0.1) is 16.6 Å². The summed E-state index contributed by atoms with van der Waals surface area (Å²) in [6.07, 6.45) is 5.76. The van der Waals surface area contributed by atoms with E-state index in [9.17, 15) is 4.79 Å². The van der Waals surface area contributed by atoms with Crippen LogP contribution in [0.5, 0.6) is 0 Å². The second kappa shape index (κ2) is 8.63. The fourth-order valence-corrected chi connectivity index (χ4v) is 4.97. The Morgan fingerprint density at radius 2 is 2.07 bits per heavy atom. The molecule has 0 atom stereocenters. The summed E-state index contributed by atoms with van der Waals surface area (Å²) in [5, 5.41) is 9.56. The van der Waals surface area contributed by atoms with Crippen molar-refractivity contribution >= 4 is 40.6 Å². The molecule has 0 unspecified atom stereocenters. The first kappa shape index (κ1) is 19.4. The van der Waals surface area contributed by atoms with E-state index in [0.717, 1.165) is 38.6 Å². The molecule has 3 aromatic rings. The maximum Gasteiger partial charge on any atom is 0.233 e. The molecule has 0 aromatic carbocycles. The quantitative estimate of drug-likeness (QED) is 0.488. The highest BCUT2D eigenvalue weighted by atomic mass is 35.5. The third-order valence-electron chi connectivity index (χ3n) is 4.55. The van der Waals surface area contributed by atoms with Crippen LogP contribution in [0.4, 0.5) is 0 Å². The average molecular weight is 434 g/mol. The number of amides is 1. The van der Waals surface area contributed by atoms with Gasteiger partial charge in [-0.2, -0.15) is 0 Å². The zero-order chi connectivity index (χ0) is 19.5. The average Bonchev–Trinajstić information content (AvgIpc) is 3.33. The van der Waals surface area contributed by atoms with Crippen LogP contribution in [0.15, 0.2) is 41.8 Å². The lowest BCUT2D eigenvalue weighted by Crippen LogP contribution is -2.31. The minimum atomic E-state index is 0.0906. The van der Waals surface area contributed by atoms with Gasteiger partial charge in [-0.3, -0.25) is 14.3 Å². The molecule has 3 heterocycles. The minimum absolute atomic E-state index is 0.0906. The molecule has 146 valence electrons. The number of hydrogen-bond donors (Lipinski definition) is 0. The first-order valence-electron chi connectivity index (χ1n) is 9.15. The van der Waals surface area contributed by atoms with Gasteiger partial charge in [-0.15, -0.1) is 21.5 Å². The Morgan fingerprint density at radius 1 is 1.29 bits per heavy atom. The van der Waals surface area contributed by atoms with Crippen LogP contribution in [0.3, 0.4) is 0 Å². The summed E-state index contributed by atoms with van der Waals surface area (Å²) in [7, 11) is 0. The number of pyridine rings is 1. The van der Waals surface area contributed by atoms with Crippen molar-refractivity contribution in [2.75, 3.05) is 12.3 Å². The lowest BCUT2D eigenvalue weighted by molar-refractivity contribution is -0.128. The molecule has 1 amide bonds. The predicted octanol–water partition coefficient (Wildman–Crippen LogP) is 4.53. The van der Waals surface area contributed by atoms with Crippen LogP contribution in [0.1, 0.15) is 30.7 Å². The zero-order valence-corrected chi connectivity index (χ0v) is 17.8. The molecular weight excluding hydrogens is 414 g/mol. The van der Waals surface area contributed by atoms with Gasteiger partial charge in [0.25, 0.3) is 0 Å². The fourth-order valence-electron chi connectivity index (χ4n) is 2.95. The SMILES string of the molecule is CCN(Cc1ccc(Cl)s1)C(=O)CSc1nnc(-c2ccncc2)n1C1CC1. The van der Waals surface area contributed by atoms with E-state index in [1.807, 2.05) is 36.1 Å². The smallest absolute Gasteiger partial charge is 0.233 e. The highest BCUT2D eigenvalue weighted by Gasteiger charge is 2.30. The van der Waals surface area contributed by atoms with Crippen molar-refractivity contribution in [2.45, 2.75) is 37.5 Å². The highest BCUT2D eigenvalue weighted by Crippen LogP contribution is 2.41. The number of aromatic nitrogens is 4. The van der Waals surface area contributed by atoms with Crippen molar-refractivity contribution in [3.63, 3.8) is 0 Å². The lowest BCUT2D eigenvalue weighted by atomic mass is 10.2. The molecule has 0 aliphatic heterocycles. The van der Waals surface area contributed by atoms with Crippen LogP contribution in [-0.4, -0.2) is 42.9 Å². The zero-order valence-electron chi connectivity index (χ0n) is 15.4. The minimum Gasteiger partial charge on any atom is -0.337 e. The summed E-state index contributed by atoms with van der Waals surface area (Å²) in [5.74, 6) is 1.28. The number of thioether (sulfide) groups is 1. The fraction of sp³-hybridized carbons (Fsp3) is 0.368. The molecule has 1 saturated carbocycles. The molecule has 28 heavy (non-hydrogen) atoms. The molecule has 0 N–H and O–H groups in total. The summed E-state index contributed by atoms with van der Waals surface area (Å²) in [5.41, 5.74) is 0.998. The van der Waals surface area contributed by atoms with Crippen LogP contribution < -0.4 is 0 Å². The van der Waals surface area contributed by atoms with Crippen molar-refractivity contribution < 1.29 is 4.79 Å². The van der Waals surface area contributed by atoms with E-state index in [0.29, 0.717) is 24.9 Å². The number of halogens is 1. The molecule has 6 nitrogen and oxygen atoms in total. The second-order valence-corrected chi connectivity index (χ2v) is 9.29. The standard InChI is InChI=1S/C19H20ClN5OS2/c1-2-24(11-15-5-6-16(20)28-15)17(26)12-27-19-23-22-18(25(19)14-3-4-14)13-7-9-21-10-8-13/h5-10,14H,2-4,11-12H2,1H3. The Hall–Kier alpha value is -1.90. The Morgan fingerprint density at radius 3 is 2.71 bits per heavy atom. The van der Waals surface area contributed by atoms with Crippen molar-refractivity contribution in [1.82, 2.24) is 24.6 Å². The summed E-state index contributed by atoms with van der Waals surface area (Å²) < 4.78 is 2.91. The largest absolute Gasteiger partial charge is 0.337 e. The van der Waals surface area contributed by atoms with Crippen LogP contribution in [0.2, 0.25) is 4.34 Å². The molecule has 1 fully saturated rings. The third kappa shape index (κ3) is 4.39. The number of carbonyl (C=O) groups excluding carboxylic acids is 1. The molecule has 9 heteroatoms. The monoisotopic (exact) mass is 433 g/mol. The first-order valence-corrected chi connectivity index (χ1v) is 11.3. The van der Waals surface area contributed by atoms with Crippen LogP contribution in [0.25, 0.3) is 11.4 Å². The Balaban J connectivity index is 1.45. The number of hydrogen-bond acceptors (Lipinski definition) is 6. The summed E-state index contributed by atoms with van der Waals surface area (Å²) in [6, 6.07) is 8.14. The van der Waals surface area contributed by atoms with Gasteiger partial charge >= 0.3 is 0 Å². The van der Waals surface area contributed by atoms with Crippen molar-refractivity contribution in [2.24, 2.45) is 0 Å². The summed E-state index contributed by atoms with van der Waals surface area (Å²) in [6.45, 7) is 3.24. The topological polar surface area (TPSA) is 63.9 Å². The number of carbonyl (C=O) groups is 1. The van der Waals surface area contributed by atoms with E-state index in [1.54, 1.807) is 12.4 Å². The summed E-state index contributed by atoms with van der Waals surface area (Å²) >= 11 is 8.97. The van der Waals surface area contributed by atoms with Crippen molar-refractivity contribution in [3.8, 4) is 11.4 Å². The van der Waals surface area contributed by atoms with Gasteiger partial charge in [-0.1, -0.05) is 23.4 Å². The van der Waals surface area contributed by atoms with Gasteiger partial charge < -0.3 is 4.90 Å². The lowest BCUT2D eigenvalue weighted by Gasteiger charge is -2.20. The third-order valence-corrected chi connectivity index (χ3v) is 6.69. The van der Waals surface area contributed by atoms with Gasteiger partial charge in [-0.05, 0) is 44.0 Å². The maximum absolute atomic E-state index is 12.7. The predicted molar refractivity (Wildman–Crippen MR) is 113 cm³/mol. The van der Waals surface area contributed by atoms with Gasteiger partial charge in [0.1, 0.15) is 0 Å². The van der Waals surface area contributed by atoms with E-state index in [-0.39, 0.29) is 5.91 Å². The molecule has 0 spiro atoms. The normalized spacial score (nSPS) is 13.6. The van der Waals surface area contributed by atoms with E-state index in [4.69, 9.17) is 11.6 Å². The second-order valence-electron chi connectivity index (χ2n) is 6.55.